The Morgan fingerprint density at radius 3 is 2.80 bits per heavy atom. The van der Waals surface area contributed by atoms with E-state index in [2.05, 4.69) is 11.9 Å². The van der Waals surface area contributed by atoms with E-state index in [4.69, 9.17) is 0 Å². The zero-order chi connectivity index (χ0) is 11.3. The first kappa shape index (κ1) is 11.3. The zero-order valence-electron chi connectivity index (χ0n) is 8.73. The Labute approximate surface area is 89.4 Å². The lowest BCUT2D eigenvalue weighted by Crippen LogP contribution is -2.26. The van der Waals surface area contributed by atoms with Crippen LogP contribution in [0.4, 0.5) is 0 Å². The molecule has 1 rings (SSSR count). The first-order valence-corrected chi connectivity index (χ1v) is 4.89. The number of phenols is 1. The van der Waals surface area contributed by atoms with Crippen molar-refractivity contribution < 1.29 is 9.90 Å². The van der Waals surface area contributed by atoms with E-state index in [1.165, 1.54) is 6.08 Å². The molecular formula is C12H15NO2. The number of hydrogen-bond acceptors (Lipinski definition) is 2. The number of hydrogen-bond donors (Lipinski definition) is 2. The van der Waals surface area contributed by atoms with Gasteiger partial charge in [-0.1, -0.05) is 31.7 Å². The van der Waals surface area contributed by atoms with Crippen LogP contribution in [0.2, 0.25) is 0 Å². The molecule has 0 saturated heterocycles. The van der Waals surface area contributed by atoms with Gasteiger partial charge < -0.3 is 10.4 Å². The van der Waals surface area contributed by atoms with Gasteiger partial charge in [0.2, 0.25) is 5.91 Å². The number of carbonyl (C=O) groups is 1. The zero-order valence-corrected chi connectivity index (χ0v) is 8.73. The number of aromatic hydroxyl groups is 1. The number of benzene rings is 1. The van der Waals surface area contributed by atoms with Gasteiger partial charge in [-0.15, -0.1) is 0 Å². The highest BCUT2D eigenvalue weighted by molar-refractivity contribution is 5.87. The maximum Gasteiger partial charge on any atom is 0.243 e. The second-order valence-electron chi connectivity index (χ2n) is 3.23. The lowest BCUT2D eigenvalue weighted by molar-refractivity contribution is -0.117. The Balaban J connectivity index is 2.87. The summed E-state index contributed by atoms with van der Waals surface area (Å²) in [5.41, 5.74) is 0.732. The second kappa shape index (κ2) is 5.20. The summed E-state index contributed by atoms with van der Waals surface area (Å²) in [4.78, 5) is 11.2. The average molecular weight is 205 g/mol. The number of rotatable bonds is 4. The first-order chi connectivity index (χ1) is 7.19. The fourth-order valence-electron chi connectivity index (χ4n) is 1.41. The molecule has 80 valence electrons. The van der Waals surface area contributed by atoms with Gasteiger partial charge in [-0.05, 0) is 18.6 Å². The third-order valence-electron chi connectivity index (χ3n) is 2.22. The van der Waals surface area contributed by atoms with Crippen LogP contribution in [0.15, 0.2) is 36.9 Å². The van der Waals surface area contributed by atoms with Gasteiger partial charge in [0.1, 0.15) is 5.75 Å². The predicted octanol–water partition coefficient (Wildman–Crippen LogP) is 2.15. The lowest BCUT2D eigenvalue weighted by atomic mass is 10.0. The highest BCUT2D eigenvalue weighted by Crippen LogP contribution is 2.25. The SMILES string of the molecule is C=CC(=O)NC(CC)c1ccccc1O. The van der Waals surface area contributed by atoms with Crippen molar-refractivity contribution in [3.05, 3.63) is 42.5 Å². The number of amides is 1. The summed E-state index contributed by atoms with van der Waals surface area (Å²) in [6, 6.07) is 6.82. The molecule has 3 nitrogen and oxygen atoms in total. The minimum atomic E-state index is -0.231. The minimum absolute atomic E-state index is 0.170. The second-order valence-corrected chi connectivity index (χ2v) is 3.23. The summed E-state index contributed by atoms with van der Waals surface area (Å²) in [6.45, 7) is 5.33. The minimum Gasteiger partial charge on any atom is -0.508 e. The molecule has 1 unspecified atom stereocenters. The molecule has 1 atom stereocenters. The summed E-state index contributed by atoms with van der Waals surface area (Å²) >= 11 is 0. The Morgan fingerprint density at radius 2 is 2.27 bits per heavy atom. The monoisotopic (exact) mass is 205 g/mol. The van der Waals surface area contributed by atoms with Crippen LogP contribution in [0.25, 0.3) is 0 Å². The molecule has 0 spiro atoms. The van der Waals surface area contributed by atoms with E-state index in [1.54, 1.807) is 18.2 Å². The van der Waals surface area contributed by atoms with Gasteiger partial charge in [-0.2, -0.15) is 0 Å². The van der Waals surface area contributed by atoms with Crippen LogP contribution < -0.4 is 5.32 Å². The molecule has 1 aromatic carbocycles. The summed E-state index contributed by atoms with van der Waals surface area (Å²) in [5.74, 6) is -0.0289. The highest BCUT2D eigenvalue weighted by atomic mass is 16.3. The molecule has 3 heteroatoms. The number of phenolic OH excluding ortho intramolecular Hbond substituents is 1. The van der Waals surface area contributed by atoms with Crippen molar-refractivity contribution in [3.8, 4) is 5.75 Å². The number of carbonyl (C=O) groups excluding carboxylic acids is 1. The molecule has 0 bridgehead atoms. The Morgan fingerprint density at radius 1 is 1.60 bits per heavy atom. The van der Waals surface area contributed by atoms with Crippen molar-refractivity contribution in [2.75, 3.05) is 0 Å². The fourth-order valence-corrected chi connectivity index (χ4v) is 1.41. The van der Waals surface area contributed by atoms with Crippen LogP contribution in [0.3, 0.4) is 0 Å². The van der Waals surface area contributed by atoms with Gasteiger partial charge in [-0.25, -0.2) is 0 Å². The van der Waals surface area contributed by atoms with E-state index in [-0.39, 0.29) is 17.7 Å². The van der Waals surface area contributed by atoms with Crippen LogP contribution in [0, 0.1) is 0 Å². The Bertz CT molecular complexity index is 360. The van der Waals surface area contributed by atoms with Gasteiger partial charge in [0.05, 0.1) is 6.04 Å². The van der Waals surface area contributed by atoms with Crippen molar-refractivity contribution in [1.29, 1.82) is 0 Å². The van der Waals surface area contributed by atoms with Gasteiger partial charge >= 0.3 is 0 Å². The highest BCUT2D eigenvalue weighted by Gasteiger charge is 2.13. The molecule has 15 heavy (non-hydrogen) atoms. The lowest BCUT2D eigenvalue weighted by Gasteiger charge is -2.17. The van der Waals surface area contributed by atoms with Crippen molar-refractivity contribution in [1.82, 2.24) is 5.32 Å². The largest absolute Gasteiger partial charge is 0.508 e. The predicted molar refractivity (Wildman–Crippen MR) is 59.5 cm³/mol. The van der Waals surface area contributed by atoms with Crippen molar-refractivity contribution in [2.24, 2.45) is 0 Å². The summed E-state index contributed by atoms with van der Waals surface area (Å²) < 4.78 is 0. The molecule has 1 amide bonds. The van der Waals surface area contributed by atoms with Crippen molar-refractivity contribution >= 4 is 5.91 Å². The van der Waals surface area contributed by atoms with Gasteiger partial charge in [-0.3, -0.25) is 4.79 Å². The smallest absolute Gasteiger partial charge is 0.243 e. The van der Waals surface area contributed by atoms with Crippen LogP contribution in [0.1, 0.15) is 24.9 Å². The first-order valence-electron chi connectivity index (χ1n) is 4.89. The third kappa shape index (κ3) is 2.84. The van der Waals surface area contributed by atoms with E-state index in [1.807, 2.05) is 13.0 Å². The Hall–Kier alpha value is -1.77. The quantitative estimate of drug-likeness (QED) is 0.740. The Kier molecular flexibility index (Phi) is 3.92. The van der Waals surface area contributed by atoms with Gasteiger partial charge in [0.25, 0.3) is 0 Å². The van der Waals surface area contributed by atoms with Gasteiger partial charge in [0, 0.05) is 5.56 Å². The molecule has 0 heterocycles. The van der Waals surface area contributed by atoms with Crippen LogP contribution in [0.5, 0.6) is 5.75 Å². The normalized spacial score (nSPS) is 11.8. The van der Waals surface area contributed by atoms with E-state index in [0.29, 0.717) is 0 Å². The molecule has 0 radical (unpaired) electrons. The van der Waals surface area contributed by atoms with E-state index in [0.717, 1.165) is 12.0 Å². The average Bonchev–Trinajstić information content (AvgIpc) is 2.26. The summed E-state index contributed by atoms with van der Waals surface area (Å²) in [5, 5.41) is 12.4. The molecule has 0 aromatic heterocycles. The molecule has 0 aliphatic carbocycles. The van der Waals surface area contributed by atoms with Crippen LogP contribution in [-0.4, -0.2) is 11.0 Å². The van der Waals surface area contributed by atoms with Crippen LogP contribution in [-0.2, 0) is 4.79 Å². The van der Waals surface area contributed by atoms with Crippen LogP contribution >= 0.6 is 0 Å². The van der Waals surface area contributed by atoms with Crippen molar-refractivity contribution in [3.63, 3.8) is 0 Å². The summed E-state index contributed by atoms with van der Waals surface area (Å²) in [7, 11) is 0. The fraction of sp³-hybridized carbons (Fsp3) is 0.250. The molecule has 1 aromatic rings. The van der Waals surface area contributed by atoms with E-state index >= 15 is 0 Å². The van der Waals surface area contributed by atoms with E-state index in [9.17, 15) is 9.90 Å². The van der Waals surface area contributed by atoms with E-state index < -0.39 is 0 Å². The molecule has 0 aliphatic heterocycles. The number of para-hydroxylation sites is 1. The molecule has 0 aliphatic rings. The number of nitrogens with one attached hydrogen (secondary N) is 1. The topological polar surface area (TPSA) is 49.3 Å². The standard InChI is InChI=1S/C12H15NO2/c1-3-10(13-12(15)4-2)9-7-5-6-8-11(9)14/h4-8,10,14H,2-3H2,1H3,(H,13,15). The van der Waals surface area contributed by atoms with Gasteiger partial charge in [0.15, 0.2) is 0 Å². The third-order valence-corrected chi connectivity index (χ3v) is 2.22. The molecule has 0 fully saturated rings. The summed E-state index contributed by atoms with van der Waals surface area (Å²) in [6.07, 6.45) is 1.94. The molecule has 2 N–H and O–H groups in total. The maximum atomic E-state index is 11.2. The molecule has 0 saturated carbocycles. The molecular weight excluding hydrogens is 190 g/mol. The van der Waals surface area contributed by atoms with Crippen molar-refractivity contribution in [2.45, 2.75) is 19.4 Å². The maximum absolute atomic E-state index is 11.2.